The zero-order chi connectivity index (χ0) is 16.0. The molecule has 0 saturated carbocycles. The molecule has 1 aromatic carbocycles. The Labute approximate surface area is 136 Å². The van der Waals surface area contributed by atoms with Crippen molar-refractivity contribution < 1.29 is 9.59 Å². The average Bonchev–Trinajstić information content (AvgIpc) is 2.93. The molecule has 120 valence electrons. The van der Waals surface area contributed by atoms with Crippen LogP contribution >= 0.6 is 0 Å². The molecule has 0 unspecified atom stereocenters. The second-order valence-corrected chi connectivity index (χ2v) is 6.77. The number of rotatable bonds is 3. The molecule has 2 aliphatic heterocycles. The van der Waals surface area contributed by atoms with Crippen molar-refractivity contribution in [2.45, 2.75) is 38.6 Å². The summed E-state index contributed by atoms with van der Waals surface area (Å²) in [6, 6.07) is 8.13. The predicted octanol–water partition coefficient (Wildman–Crippen LogP) is 2.24. The third kappa shape index (κ3) is 2.28. The van der Waals surface area contributed by atoms with Crippen LogP contribution in [-0.4, -0.2) is 47.3 Å². The first-order valence-electron chi connectivity index (χ1n) is 8.56. The third-order valence-corrected chi connectivity index (χ3v) is 5.33. The van der Waals surface area contributed by atoms with Crippen LogP contribution in [-0.2, 0) is 16.0 Å². The van der Waals surface area contributed by atoms with Crippen molar-refractivity contribution >= 4 is 17.4 Å². The van der Waals surface area contributed by atoms with E-state index in [4.69, 9.17) is 0 Å². The van der Waals surface area contributed by atoms with Gasteiger partial charge in [-0.15, -0.1) is 0 Å². The van der Waals surface area contributed by atoms with Gasteiger partial charge in [0.15, 0.2) is 0 Å². The van der Waals surface area contributed by atoms with Gasteiger partial charge >= 0.3 is 0 Å². The van der Waals surface area contributed by atoms with Crippen molar-refractivity contribution in [2.24, 2.45) is 0 Å². The largest absolute Gasteiger partial charge is 0.332 e. The minimum absolute atomic E-state index is 0.105. The van der Waals surface area contributed by atoms with E-state index in [1.807, 2.05) is 4.90 Å². The normalized spacial score (nSPS) is 23.1. The Kier molecular flexibility index (Phi) is 3.47. The molecular weight excluding hydrogens is 288 g/mol. The van der Waals surface area contributed by atoms with Crippen molar-refractivity contribution in [3.63, 3.8) is 0 Å². The van der Waals surface area contributed by atoms with Gasteiger partial charge in [-0.05, 0) is 35.1 Å². The maximum Gasteiger partial charge on any atom is 0.246 e. The molecule has 0 radical (unpaired) electrons. The van der Waals surface area contributed by atoms with Crippen LogP contribution < -0.4 is 0 Å². The van der Waals surface area contributed by atoms with Crippen LogP contribution in [0.1, 0.15) is 37.3 Å². The van der Waals surface area contributed by atoms with Crippen molar-refractivity contribution in [1.29, 1.82) is 0 Å². The van der Waals surface area contributed by atoms with Crippen molar-refractivity contribution in [3.8, 4) is 0 Å². The quantitative estimate of drug-likeness (QED) is 0.859. The standard InChI is InChI=1S/C19H22N2O2/c1-2-3-8-20-12-18(22)21-11-14-9-13-6-4-5-7-15(13)16(14)10-17(21)19(20)23/h4-7,17H,2-3,8-12H2,1H3/t17-/m0/s1. The first-order valence-corrected chi connectivity index (χ1v) is 8.56. The number of benzene rings is 1. The molecule has 1 atom stereocenters. The molecule has 1 saturated heterocycles. The minimum Gasteiger partial charge on any atom is -0.332 e. The van der Waals surface area contributed by atoms with E-state index in [2.05, 4.69) is 31.2 Å². The van der Waals surface area contributed by atoms with Gasteiger partial charge in [-0.1, -0.05) is 37.6 Å². The van der Waals surface area contributed by atoms with Crippen LogP contribution in [0.15, 0.2) is 29.8 Å². The second-order valence-electron chi connectivity index (χ2n) is 6.77. The lowest BCUT2D eigenvalue weighted by molar-refractivity contribution is -0.155. The van der Waals surface area contributed by atoms with Gasteiger partial charge < -0.3 is 9.80 Å². The van der Waals surface area contributed by atoms with E-state index in [1.165, 1.54) is 22.3 Å². The monoisotopic (exact) mass is 310 g/mol. The fourth-order valence-corrected chi connectivity index (χ4v) is 4.08. The average molecular weight is 310 g/mol. The lowest BCUT2D eigenvalue weighted by atomic mass is 9.91. The molecule has 3 aliphatic rings. The Bertz CT molecular complexity index is 707. The summed E-state index contributed by atoms with van der Waals surface area (Å²) in [5.74, 6) is 0.238. The molecule has 2 amide bonds. The van der Waals surface area contributed by atoms with Gasteiger partial charge in [-0.2, -0.15) is 0 Å². The second kappa shape index (κ2) is 5.52. The molecule has 0 aromatic heterocycles. The highest BCUT2D eigenvalue weighted by Gasteiger charge is 2.43. The predicted molar refractivity (Wildman–Crippen MR) is 88.7 cm³/mol. The molecule has 1 fully saturated rings. The number of hydrogen-bond acceptors (Lipinski definition) is 2. The summed E-state index contributed by atoms with van der Waals surface area (Å²) in [5.41, 5.74) is 5.25. The molecule has 0 N–H and O–H groups in total. The molecule has 4 nitrogen and oxygen atoms in total. The van der Waals surface area contributed by atoms with Crippen LogP contribution in [0.2, 0.25) is 0 Å². The summed E-state index contributed by atoms with van der Waals surface area (Å²) in [4.78, 5) is 28.9. The summed E-state index contributed by atoms with van der Waals surface area (Å²) in [5, 5.41) is 0. The van der Waals surface area contributed by atoms with E-state index in [0.29, 0.717) is 19.5 Å². The van der Waals surface area contributed by atoms with Crippen molar-refractivity contribution in [1.82, 2.24) is 9.80 Å². The molecule has 4 heteroatoms. The van der Waals surface area contributed by atoms with Gasteiger partial charge in [-0.25, -0.2) is 0 Å². The summed E-state index contributed by atoms with van der Waals surface area (Å²) in [6.07, 6.45) is 3.60. The molecule has 4 rings (SSSR count). The van der Waals surface area contributed by atoms with Gasteiger partial charge in [0.1, 0.15) is 6.04 Å². The van der Waals surface area contributed by atoms with Gasteiger partial charge in [0.05, 0.1) is 6.54 Å². The summed E-state index contributed by atoms with van der Waals surface area (Å²) >= 11 is 0. The number of carbonyl (C=O) groups excluding carboxylic acids is 2. The van der Waals surface area contributed by atoms with Crippen LogP contribution in [0, 0.1) is 0 Å². The Balaban J connectivity index is 1.62. The molecule has 1 aromatic rings. The highest BCUT2D eigenvalue weighted by Crippen LogP contribution is 2.41. The first kappa shape index (κ1) is 14.5. The van der Waals surface area contributed by atoms with Crippen molar-refractivity contribution in [3.05, 3.63) is 41.0 Å². The molecule has 1 aliphatic carbocycles. The van der Waals surface area contributed by atoms with E-state index < -0.39 is 0 Å². The number of amides is 2. The van der Waals surface area contributed by atoms with Crippen molar-refractivity contribution in [2.75, 3.05) is 19.6 Å². The number of fused-ring (bicyclic) bond motifs is 3. The molecule has 0 spiro atoms. The minimum atomic E-state index is -0.294. The van der Waals surface area contributed by atoms with Gasteiger partial charge in [0.2, 0.25) is 11.8 Å². The maximum atomic E-state index is 12.8. The number of nitrogens with zero attached hydrogens (tertiary/aromatic N) is 2. The topological polar surface area (TPSA) is 40.6 Å². The van der Waals surface area contributed by atoms with Gasteiger partial charge in [-0.3, -0.25) is 9.59 Å². The first-order chi connectivity index (χ1) is 11.2. The Hall–Kier alpha value is -2.10. The van der Waals surface area contributed by atoms with Gasteiger partial charge in [0.25, 0.3) is 0 Å². The fraction of sp³-hybridized carbons (Fsp3) is 0.474. The van der Waals surface area contributed by atoms with E-state index in [0.717, 1.165) is 19.3 Å². The summed E-state index contributed by atoms with van der Waals surface area (Å²) in [7, 11) is 0. The maximum absolute atomic E-state index is 12.8. The van der Waals surface area contributed by atoms with E-state index in [1.54, 1.807) is 4.90 Å². The van der Waals surface area contributed by atoms with Gasteiger partial charge in [0, 0.05) is 19.5 Å². The number of unbranched alkanes of at least 4 members (excludes halogenated alkanes) is 1. The Morgan fingerprint density at radius 2 is 2.00 bits per heavy atom. The van der Waals surface area contributed by atoms with Crippen LogP contribution in [0.25, 0.3) is 5.57 Å². The Morgan fingerprint density at radius 1 is 1.17 bits per heavy atom. The zero-order valence-corrected chi connectivity index (χ0v) is 13.5. The molecule has 23 heavy (non-hydrogen) atoms. The van der Waals surface area contributed by atoms with E-state index >= 15 is 0 Å². The Morgan fingerprint density at radius 3 is 2.83 bits per heavy atom. The van der Waals surface area contributed by atoms with Crippen LogP contribution in [0.3, 0.4) is 0 Å². The zero-order valence-electron chi connectivity index (χ0n) is 13.5. The van der Waals surface area contributed by atoms with E-state index in [-0.39, 0.29) is 24.4 Å². The number of piperazine rings is 1. The molecule has 0 bridgehead atoms. The SMILES string of the molecule is CCCCN1CC(=O)N2CC3=C(C[C@H]2C1=O)c1ccccc1C3. The summed E-state index contributed by atoms with van der Waals surface area (Å²) < 4.78 is 0. The number of carbonyl (C=O) groups is 2. The lowest BCUT2D eigenvalue weighted by Crippen LogP contribution is -2.61. The highest BCUT2D eigenvalue weighted by molar-refractivity contribution is 5.98. The molecular formula is C19H22N2O2. The smallest absolute Gasteiger partial charge is 0.246 e. The number of hydrogen-bond donors (Lipinski definition) is 0. The molecule has 2 heterocycles. The summed E-state index contributed by atoms with van der Waals surface area (Å²) in [6.45, 7) is 3.69. The highest BCUT2D eigenvalue weighted by atomic mass is 16.2. The third-order valence-electron chi connectivity index (χ3n) is 5.33. The van der Waals surface area contributed by atoms with E-state index in [9.17, 15) is 9.59 Å². The fourth-order valence-electron chi connectivity index (χ4n) is 4.08. The van der Waals surface area contributed by atoms with Crippen LogP contribution in [0.4, 0.5) is 0 Å². The lowest BCUT2D eigenvalue weighted by Gasteiger charge is -2.43. The van der Waals surface area contributed by atoms with Crippen LogP contribution in [0.5, 0.6) is 0 Å².